The highest BCUT2D eigenvalue weighted by atomic mass is 16.4. The number of carboxylic acid groups (broad SMARTS) is 1. The summed E-state index contributed by atoms with van der Waals surface area (Å²) in [6.45, 7) is 3.69. The molecule has 0 saturated heterocycles. The Labute approximate surface area is 111 Å². The van der Waals surface area contributed by atoms with E-state index in [1.807, 2.05) is 6.92 Å². The van der Waals surface area contributed by atoms with Crippen LogP contribution in [0, 0.1) is 0 Å². The van der Waals surface area contributed by atoms with Crippen LogP contribution in [-0.4, -0.2) is 38.3 Å². The highest BCUT2D eigenvalue weighted by molar-refractivity contribution is 5.76. The van der Waals surface area contributed by atoms with E-state index < -0.39 is 12.0 Å². The molecule has 0 aliphatic heterocycles. The first-order valence-corrected chi connectivity index (χ1v) is 6.17. The van der Waals surface area contributed by atoms with Crippen molar-refractivity contribution in [2.75, 3.05) is 0 Å². The number of nitrogens with zero attached hydrogens (tertiary/aromatic N) is 2. The third kappa shape index (κ3) is 5.36. The van der Waals surface area contributed by atoms with Crippen LogP contribution >= 0.6 is 0 Å². The normalized spacial score (nSPS) is 13.6. The van der Waals surface area contributed by atoms with Gasteiger partial charge in [0.1, 0.15) is 12.2 Å². The number of hydrogen-bond donors (Lipinski definition) is 4. The van der Waals surface area contributed by atoms with Gasteiger partial charge in [-0.05, 0) is 13.3 Å². The van der Waals surface area contributed by atoms with Gasteiger partial charge < -0.3 is 15.7 Å². The van der Waals surface area contributed by atoms with Crippen LogP contribution in [0.1, 0.15) is 45.0 Å². The Balaban J connectivity index is 2.45. The number of carbonyl (C=O) groups is 2. The van der Waals surface area contributed by atoms with Gasteiger partial charge in [0.05, 0.1) is 12.5 Å². The Kier molecular flexibility index (Phi) is 5.77. The zero-order chi connectivity index (χ0) is 14.3. The van der Waals surface area contributed by atoms with E-state index in [1.54, 1.807) is 6.92 Å². The molecule has 0 aliphatic rings. The van der Waals surface area contributed by atoms with Crippen molar-refractivity contribution < 1.29 is 14.7 Å². The van der Waals surface area contributed by atoms with Gasteiger partial charge in [-0.15, -0.1) is 0 Å². The maximum absolute atomic E-state index is 11.7. The molecule has 0 bridgehead atoms. The molecular formula is C11H19N5O3. The molecule has 0 fully saturated rings. The van der Waals surface area contributed by atoms with E-state index >= 15 is 0 Å². The highest BCUT2D eigenvalue weighted by Crippen LogP contribution is 2.05. The summed E-state index contributed by atoms with van der Waals surface area (Å²) in [5.41, 5.74) is 0. The van der Waals surface area contributed by atoms with Crippen molar-refractivity contribution in [1.29, 1.82) is 0 Å². The molecule has 1 aromatic heterocycles. The second-order valence-electron chi connectivity index (χ2n) is 4.29. The molecule has 4 N–H and O–H groups in total. The van der Waals surface area contributed by atoms with Gasteiger partial charge in [-0.2, -0.15) is 5.10 Å². The van der Waals surface area contributed by atoms with Crippen molar-refractivity contribution in [3.63, 3.8) is 0 Å². The summed E-state index contributed by atoms with van der Waals surface area (Å²) in [6, 6.07) is -1.11. The number of carbonyl (C=O) groups excluding carboxylic acids is 1. The molecule has 2 amide bonds. The van der Waals surface area contributed by atoms with Crippen LogP contribution in [0.2, 0.25) is 0 Å². The predicted octanol–water partition coefficient (Wildman–Crippen LogP) is 0.808. The molecule has 106 valence electrons. The molecule has 0 aromatic carbocycles. The number of urea groups is 1. The summed E-state index contributed by atoms with van der Waals surface area (Å²) in [7, 11) is 0. The number of carboxylic acids is 1. The summed E-state index contributed by atoms with van der Waals surface area (Å²) < 4.78 is 0. The first-order chi connectivity index (χ1) is 9.02. The fourth-order valence-electron chi connectivity index (χ4n) is 1.70. The molecule has 1 aromatic rings. The molecule has 19 heavy (non-hydrogen) atoms. The first-order valence-electron chi connectivity index (χ1n) is 6.17. The monoisotopic (exact) mass is 269 g/mol. The lowest BCUT2D eigenvalue weighted by atomic mass is 10.1. The zero-order valence-corrected chi connectivity index (χ0v) is 11.0. The van der Waals surface area contributed by atoms with Gasteiger partial charge in [-0.3, -0.25) is 9.89 Å². The van der Waals surface area contributed by atoms with Gasteiger partial charge in [0.2, 0.25) is 0 Å². The maximum atomic E-state index is 11.7. The Hall–Kier alpha value is -2.12. The largest absolute Gasteiger partial charge is 0.481 e. The molecule has 1 rings (SSSR count). The fourth-order valence-corrected chi connectivity index (χ4v) is 1.70. The Bertz CT molecular complexity index is 406. The van der Waals surface area contributed by atoms with E-state index in [1.165, 1.54) is 6.33 Å². The minimum atomic E-state index is -0.929. The van der Waals surface area contributed by atoms with Crippen LogP contribution in [0.15, 0.2) is 6.33 Å². The smallest absolute Gasteiger partial charge is 0.315 e. The second kappa shape index (κ2) is 7.34. The Morgan fingerprint density at radius 3 is 2.74 bits per heavy atom. The van der Waals surface area contributed by atoms with Crippen molar-refractivity contribution in [3.05, 3.63) is 12.2 Å². The molecule has 0 spiro atoms. The fraction of sp³-hybridized carbons (Fsp3) is 0.636. The van der Waals surface area contributed by atoms with E-state index in [4.69, 9.17) is 5.11 Å². The zero-order valence-electron chi connectivity index (χ0n) is 11.0. The molecular weight excluding hydrogens is 250 g/mol. The average Bonchev–Trinajstić information content (AvgIpc) is 2.81. The lowest BCUT2D eigenvalue weighted by molar-refractivity contribution is -0.137. The van der Waals surface area contributed by atoms with Crippen LogP contribution in [-0.2, 0) is 4.79 Å². The van der Waals surface area contributed by atoms with Crippen LogP contribution in [0.5, 0.6) is 0 Å². The van der Waals surface area contributed by atoms with Crippen LogP contribution in [0.3, 0.4) is 0 Å². The van der Waals surface area contributed by atoms with Gasteiger partial charge in [0, 0.05) is 6.04 Å². The predicted molar refractivity (Wildman–Crippen MR) is 67.4 cm³/mol. The SMILES string of the molecule is CCCC(CC(=O)O)NC(=O)NC(C)c1ncn[nH]1. The lowest BCUT2D eigenvalue weighted by Crippen LogP contribution is -2.44. The number of nitrogens with one attached hydrogen (secondary N) is 3. The van der Waals surface area contributed by atoms with Gasteiger partial charge in [0.25, 0.3) is 0 Å². The molecule has 8 heteroatoms. The average molecular weight is 269 g/mol. The Morgan fingerprint density at radius 2 is 2.21 bits per heavy atom. The van der Waals surface area contributed by atoms with Gasteiger partial charge in [0.15, 0.2) is 0 Å². The number of rotatable bonds is 7. The summed E-state index contributed by atoms with van der Waals surface area (Å²) >= 11 is 0. The topological polar surface area (TPSA) is 120 Å². The summed E-state index contributed by atoms with van der Waals surface area (Å²) in [6.07, 6.45) is 2.69. The van der Waals surface area contributed by atoms with Gasteiger partial charge >= 0.3 is 12.0 Å². The molecule has 2 unspecified atom stereocenters. The van der Waals surface area contributed by atoms with Crippen molar-refractivity contribution in [3.8, 4) is 0 Å². The molecule has 0 radical (unpaired) electrons. The van der Waals surface area contributed by atoms with E-state index in [0.29, 0.717) is 12.2 Å². The summed E-state index contributed by atoms with van der Waals surface area (Å²) in [5, 5.41) is 20.4. The summed E-state index contributed by atoms with van der Waals surface area (Å²) in [5.74, 6) is -0.387. The minimum absolute atomic E-state index is 0.0854. The van der Waals surface area contributed by atoms with Gasteiger partial charge in [-0.25, -0.2) is 9.78 Å². The van der Waals surface area contributed by atoms with E-state index in [9.17, 15) is 9.59 Å². The number of aliphatic carboxylic acids is 1. The standard InChI is InChI=1S/C11H19N5O3/c1-3-4-8(5-9(17)18)15-11(19)14-7(2)10-12-6-13-16-10/h6-8H,3-5H2,1-2H3,(H,17,18)(H,12,13,16)(H2,14,15,19). The number of aromatic nitrogens is 3. The van der Waals surface area contributed by atoms with Crippen LogP contribution in [0.4, 0.5) is 4.79 Å². The van der Waals surface area contributed by atoms with Crippen molar-refractivity contribution >= 4 is 12.0 Å². The van der Waals surface area contributed by atoms with Crippen molar-refractivity contribution in [2.24, 2.45) is 0 Å². The van der Waals surface area contributed by atoms with E-state index in [0.717, 1.165) is 6.42 Å². The summed E-state index contributed by atoms with van der Waals surface area (Å²) in [4.78, 5) is 26.3. The number of hydrogen-bond acceptors (Lipinski definition) is 4. The van der Waals surface area contributed by atoms with Crippen molar-refractivity contribution in [2.45, 2.75) is 45.2 Å². The van der Waals surface area contributed by atoms with Crippen molar-refractivity contribution in [1.82, 2.24) is 25.8 Å². The molecule has 1 heterocycles. The number of aromatic amines is 1. The number of amides is 2. The molecule has 2 atom stereocenters. The van der Waals surface area contributed by atoms with E-state index in [-0.39, 0.29) is 18.5 Å². The van der Waals surface area contributed by atoms with E-state index in [2.05, 4.69) is 25.8 Å². The Morgan fingerprint density at radius 1 is 1.47 bits per heavy atom. The lowest BCUT2D eigenvalue weighted by Gasteiger charge is -2.18. The van der Waals surface area contributed by atoms with Crippen LogP contribution in [0.25, 0.3) is 0 Å². The minimum Gasteiger partial charge on any atom is -0.481 e. The first kappa shape index (κ1) is 14.9. The molecule has 0 saturated carbocycles. The maximum Gasteiger partial charge on any atom is 0.315 e. The molecule has 8 nitrogen and oxygen atoms in total. The van der Waals surface area contributed by atoms with Crippen LogP contribution < -0.4 is 10.6 Å². The third-order valence-electron chi connectivity index (χ3n) is 2.58. The number of H-pyrrole nitrogens is 1. The van der Waals surface area contributed by atoms with Gasteiger partial charge in [-0.1, -0.05) is 13.3 Å². The quantitative estimate of drug-likeness (QED) is 0.583. The second-order valence-corrected chi connectivity index (χ2v) is 4.29. The third-order valence-corrected chi connectivity index (χ3v) is 2.58. The molecule has 0 aliphatic carbocycles. The highest BCUT2D eigenvalue weighted by Gasteiger charge is 2.17.